The second-order valence-electron chi connectivity index (χ2n) is 18.3. The molecule has 2 aromatic carbocycles. The lowest BCUT2D eigenvalue weighted by atomic mass is 9.72. The molecule has 0 heterocycles. The van der Waals surface area contributed by atoms with Gasteiger partial charge in [0.25, 0.3) is 0 Å². The predicted octanol–water partition coefficient (Wildman–Crippen LogP) is 15.9. The summed E-state index contributed by atoms with van der Waals surface area (Å²) in [6.07, 6.45) is -0.946. The van der Waals surface area contributed by atoms with E-state index in [-0.39, 0.29) is 31.9 Å². The fourth-order valence-corrected chi connectivity index (χ4v) is 7.03. The number of Topliss-reactive ketones (excluding diaryl/α,β-unsaturated/α-hetero) is 2. The van der Waals surface area contributed by atoms with E-state index in [1.54, 1.807) is 24.3 Å². The normalized spacial score (nSPS) is 16.6. The van der Waals surface area contributed by atoms with Gasteiger partial charge < -0.3 is 0 Å². The number of allylic oxidation sites excluding steroid dienone is 10. The first-order chi connectivity index (χ1) is 26.2. The first kappa shape index (κ1) is 46.6. The summed E-state index contributed by atoms with van der Waals surface area (Å²) in [5.41, 5.74) is -3.78. The van der Waals surface area contributed by atoms with Crippen LogP contribution >= 0.6 is 31.9 Å². The maximum atomic E-state index is 14.7. The van der Waals surface area contributed by atoms with Crippen molar-refractivity contribution in [2.45, 2.75) is 95.4 Å². The lowest BCUT2D eigenvalue weighted by molar-refractivity contribution is -0.139. The molecule has 0 radical (unpaired) electrons. The van der Waals surface area contributed by atoms with Crippen molar-refractivity contribution in [2.24, 2.45) is 42.1 Å². The Morgan fingerprint density at radius 1 is 0.466 bits per heavy atom. The van der Waals surface area contributed by atoms with Gasteiger partial charge >= 0.3 is 12.4 Å². The Morgan fingerprint density at radius 3 is 0.948 bits per heavy atom. The highest BCUT2D eigenvalue weighted by atomic mass is 79.9. The smallest absolute Gasteiger partial charge is 0.289 e. The zero-order valence-electron chi connectivity index (χ0n) is 34.4. The summed E-state index contributed by atoms with van der Waals surface area (Å²) in [5.74, 6) is -0.226. The second-order valence-corrected chi connectivity index (χ2v) is 20.0. The molecule has 58 heavy (non-hydrogen) atoms. The van der Waals surface area contributed by atoms with Crippen molar-refractivity contribution >= 4 is 54.8 Å². The van der Waals surface area contributed by atoms with Crippen molar-refractivity contribution in [3.63, 3.8) is 0 Å². The van der Waals surface area contributed by atoms with Crippen molar-refractivity contribution in [1.82, 2.24) is 0 Å². The maximum absolute atomic E-state index is 14.7. The Balaban J connectivity index is 1.82. The average Bonchev–Trinajstić information content (AvgIpc) is 3.04. The van der Waals surface area contributed by atoms with Gasteiger partial charge in [0.05, 0.1) is 23.5 Å². The van der Waals surface area contributed by atoms with Gasteiger partial charge in [0.15, 0.2) is 11.6 Å². The number of ketones is 2. The fourth-order valence-electron chi connectivity index (χ4n) is 6.19. The fraction of sp³-hybridized carbons (Fsp3) is 0.409. The van der Waals surface area contributed by atoms with E-state index in [0.717, 1.165) is 12.1 Å². The number of nitrogens with zero attached hydrogens (tertiary/aromatic N) is 4. The van der Waals surface area contributed by atoms with E-state index in [1.807, 2.05) is 83.1 Å². The van der Waals surface area contributed by atoms with Crippen molar-refractivity contribution in [3.05, 3.63) is 114 Å². The van der Waals surface area contributed by atoms with Crippen LogP contribution in [0.1, 0.15) is 94.2 Å². The highest BCUT2D eigenvalue weighted by Crippen LogP contribution is 2.49. The Hall–Kier alpha value is -4.04. The number of azo groups is 2. The number of hydrogen-bond donors (Lipinski definition) is 0. The predicted molar refractivity (Wildman–Crippen MR) is 223 cm³/mol. The molecule has 0 aromatic heterocycles. The first-order valence-corrected chi connectivity index (χ1v) is 19.8. The van der Waals surface area contributed by atoms with Crippen molar-refractivity contribution in [1.29, 1.82) is 0 Å². The van der Waals surface area contributed by atoms with Gasteiger partial charge in [0.2, 0.25) is 0 Å². The minimum atomic E-state index is -5.10. The van der Waals surface area contributed by atoms with E-state index in [1.165, 1.54) is 12.4 Å². The molecule has 0 saturated carbocycles. The SMILES string of the molecule is CC(C)(C)C1=CC(=C/N=N/c2cc(C(F)(F)F)c(-c3cc(Br)c(/N=N/C=C4C=C(C(C)(C)C)C(=O)C(C(C)(C)C)=C4)cc3C(F)(F)F)cc2Br)C=C(C(C)(C)C)C1=O. The minimum absolute atomic E-state index is 0.0516. The minimum Gasteiger partial charge on any atom is -0.289 e. The topological polar surface area (TPSA) is 83.6 Å². The van der Waals surface area contributed by atoms with E-state index in [0.29, 0.717) is 45.6 Å². The third-order valence-corrected chi connectivity index (χ3v) is 10.5. The van der Waals surface area contributed by atoms with Crippen LogP contribution in [0.3, 0.4) is 0 Å². The summed E-state index contributed by atoms with van der Waals surface area (Å²) in [6.45, 7) is 22.7. The molecule has 0 bridgehead atoms. The number of alkyl halides is 6. The number of halogens is 8. The molecule has 310 valence electrons. The molecular formula is C44H46Br2F6N4O2. The zero-order chi connectivity index (χ0) is 44.1. The van der Waals surface area contributed by atoms with Gasteiger partial charge in [0, 0.05) is 31.2 Å². The number of hydrogen-bond acceptors (Lipinski definition) is 6. The van der Waals surface area contributed by atoms with Gasteiger partial charge in [-0.05, 0) is 124 Å². The van der Waals surface area contributed by atoms with Crippen molar-refractivity contribution in [2.75, 3.05) is 0 Å². The zero-order valence-corrected chi connectivity index (χ0v) is 37.6. The number of carbonyl (C=O) groups excluding carboxylic acids is 2. The highest BCUT2D eigenvalue weighted by molar-refractivity contribution is 9.11. The molecule has 0 fully saturated rings. The number of rotatable bonds is 5. The van der Waals surface area contributed by atoms with Gasteiger partial charge in [-0.1, -0.05) is 83.1 Å². The van der Waals surface area contributed by atoms with Crippen LogP contribution in [0.4, 0.5) is 37.7 Å². The average molecular weight is 937 g/mol. The van der Waals surface area contributed by atoms with Gasteiger partial charge in [0.1, 0.15) is 11.4 Å². The third-order valence-electron chi connectivity index (χ3n) is 9.27. The molecule has 0 atom stereocenters. The molecule has 0 saturated heterocycles. The lowest BCUT2D eigenvalue weighted by Gasteiger charge is -2.31. The molecule has 2 aliphatic rings. The van der Waals surface area contributed by atoms with Crippen LogP contribution in [0, 0.1) is 21.7 Å². The Labute approximate surface area is 352 Å². The Kier molecular flexibility index (Phi) is 13.0. The summed E-state index contributed by atoms with van der Waals surface area (Å²) in [5, 5.41) is 16.0. The van der Waals surface area contributed by atoms with Crippen molar-refractivity contribution in [3.8, 4) is 11.1 Å². The molecule has 0 aliphatic heterocycles. The van der Waals surface area contributed by atoms with Gasteiger partial charge in [-0.15, -0.1) is 10.2 Å². The van der Waals surface area contributed by atoms with Crippen LogP contribution in [0.25, 0.3) is 11.1 Å². The van der Waals surface area contributed by atoms with Crippen LogP contribution in [0.2, 0.25) is 0 Å². The first-order valence-electron chi connectivity index (χ1n) is 18.2. The standard InChI is InChI=1S/C44H46Br2F6N4O2/c1-39(2,3)29-13-23(14-30(37(29)57)40(4,5)6)21-53-55-35-19-27(43(47,48)49)25(17-33(35)45)26-18-34(46)36(20-28(26)44(50,51)52)56-54-22-24-15-31(41(7,8)9)38(58)32(16-24)42(10,11)12/h13-22H,1-12H3/b55-53+,56-54+. The summed E-state index contributed by atoms with van der Waals surface area (Å²) in [4.78, 5) is 26.5. The van der Waals surface area contributed by atoms with E-state index in [4.69, 9.17) is 0 Å². The van der Waals surface area contributed by atoms with Crippen molar-refractivity contribution < 1.29 is 35.9 Å². The van der Waals surface area contributed by atoms with Crippen LogP contribution in [0.15, 0.2) is 124 Å². The van der Waals surface area contributed by atoms with Gasteiger partial charge in [-0.2, -0.15) is 36.6 Å². The largest absolute Gasteiger partial charge is 0.417 e. The molecule has 0 unspecified atom stereocenters. The molecule has 14 heteroatoms. The maximum Gasteiger partial charge on any atom is 0.417 e. The molecule has 0 spiro atoms. The van der Waals surface area contributed by atoms with E-state index in [2.05, 4.69) is 52.3 Å². The van der Waals surface area contributed by atoms with Crippen LogP contribution < -0.4 is 0 Å². The van der Waals surface area contributed by atoms with E-state index >= 15 is 0 Å². The Morgan fingerprint density at radius 2 is 0.724 bits per heavy atom. The summed E-state index contributed by atoms with van der Waals surface area (Å²) in [6, 6.07) is 3.09. The third kappa shape index (κ3) is 10.8. The number of carbonyl (C=O) groups is 2. The molecule has 0 N–H and O–H groups in total. The number of benzene rings is 2. The molecular weight excluding hydrogens is 890 g/mol. The Bertz CT molecular complexity index is 2060. The van der Waals surface area contributed by atoms with Gasteiger partial charge in [-0.3, -0.25) is 9.59 Å². The van der Waals surface area contributed by atoms with Crippen LogP contribution in [-0.2, 0) is 21.9 Å². The van der Waals surface area contributed by atoms with Crippen LogP contribution in [0.5, 0.6) is 0 Å². The molecule has 4 rings (SSSR count). The lowest BCUT2D eigenvalue weighted by Crippen LogP contribution is -2.27. The molecule has 6 nitrogen and oxygen atoms in total. The van der Waals surface area contributed by atoms with Crippen LogP contribution in [-0.4, -0.2) is 11.6 Å². The summed E-state index contributed by atoms with van der Waals surface area (Å²) in [7, 11) is 0. The molecule has 2 aromatic rings. The van der Waals surface area contributed by atoms with E-state index in [9.17, 15) is 35.9 Å². The van der Waals surface area contributed by atoms with E-state index < -0.39 is 56.3 Å². The van der Waals surface area contributed by atoms with Gasteiger partial charge in [-0.25, -0.2) is 0 Å². The molecule has 0 amide bonds. The highest BCUT2D eigenvalue weighted by Gasteiger charge is 2.40. The quantitative estimate of drug-likeness (QED) is 0.221. The second kappa shape index (κ2) is 16.2. The molecule has 2 aliphatic carbocycles. The monoisotopic (exact) mass is 934 g/mol. The summed E-state index contributed by atoms with van der Waals surface area (Å²) < 4.78 is 87.9. The summed E-state index contributed by atoms with van der Waals surface area (Å²) >= 11 is 6.39.